The fourth-order valence-electron chi connectivity index (χ4n) is 2.77. The summed E-state index contributed by atoms with van der Waals surface area (Å²) in [5.74, 6) is -1.81. The lowest BCUT2D eigenvalue weighted by atomic mass is 10.2. The molecule has 0 bridgehead atoms. The van der Waals surface area contributed by atoms with E-state index in [0.29, 0.717) is 19.0 Å². The molecular formula is C11H17F3N2O. The van der Waals surface area contributed by atoms with Gasteiger partial charge in [0.2, 0.25) is 0 Å². The number of alkyl halides is 3. The van der Waals surface area contributed by atoms with Gasteiger partial charge in [0.1, 0.15) is 0 Å². The SMILES string of the molecule is O=C(NC1CCN(C2CCCC2)C1)C(F)(F)F. The molecule has 2 aliphatic rings. The van der Waals surface area contributed by atoms with Crippen molar-refractivity contribution in [3.05, 3.63) is 0 Å². The van der Waals surface area contributed by atoms with Crippen LogP contribution in [0.2, 0.25) is 0 Å². The van der Waals surface area contributed by atoms with Gasteiger partial charge in [-0.25, -0.2) is 0 Å². The number of nitrogens with zero attached hydrogens (tertiary/aromatic N) is 1. The van der Waals surface area contributed by atoms with Gasteiger partial charge in [-0.05, 0) is 19.3 Å². The quantitative estimate of drug-likeness (QED) is 0.808. The van der Waals surface area contributed by atoms with Crippen molar-refractivity contribution < 1.29 is 18.0 Å². The third kappa shape index (κ3) is 3.12. The highest BCUT2D eigenvalue weighted by Crippen LogP contribution is 2.26. The minimum Gasteiger partial charge on any atom is -0.344 e. The van der Waals surface area contributed by atoms with E-state index in [4.69, 9.17) is 0 Å². The molecule has 98 valence electrons. The lowest BCUT2D eigenvalue weighted by Gasteiger charge is -2.23. The van der Waals surface area contributed by atoms with E-state index >= 15 is 0 Å². The van der Waals surface area contributed by atoms with Crippen LogP contribution in [0.1, 0.15) is 32.1 Å². The van der Waals surface area contributed by atoms with Crippen LogP contribution in [-0.4, -0.2) is 42.2 Å². The van der Waals surface area contributed by atoms with Crippen LogP contribution in [0.4, 0.5) is 13.2 Å². The molecule has 1 N–H and O–H groups in total. The molecule has 1 aliphatic heterocycles. The van der Waals surface area contributed by atoms with Crippen LogP contribution in [0, 0.1) is 0 Å². The van der Waals surface area contributed by atoms with E-state index in [9.17, 15) is 18.0 Å². The Morgan fingerprint density at radius 3 is 2.41 bits per heavy atom. The first-order valence-electron chi connectivity index (χ1n) is 6.08. The summed E-state index contributed by atoms with van der Waals surface area (Å²) in [5, 5.41) is 2.07. The second-order valence-corrected chi connectivity index (χ2v) is 4.89. The number of carbonyl (C=O) groups is 1. The van der Waals surface area contributed by atoms with Gasteiger partial charge in [0.25, 0.3) is 0 Å². The Kier molecular flexibility index (Phi) is 3.61. The summed E-state index contributed by atoms with van der Waals surface area (Å²) in [6, 6.07) is 0.174. The highest BCUT2D eigenvalue weighted by atomic mass is 19.4. The zero-order chi connectivity index (χ0) is 12.5. The van der Waals surface area contributed by atoms with Gasteiger partial charge < -0.3 is 5.32 Å². The van der Waals surface area contributed by atoms with Crippen molar-refractivity contribution in [3.63, 3.8) is 0 Å². The summed E-state index contributed by atoms with van der Waals surface area (Å²) in [4.78, 5) is 13.0. The minimum atomic E-state index is -4.76. The molecule has 0 aromatic rings. The van der Waals surface area contributed by atoms with Crippen molar-refractivity contribution in [2.45, 2.75) is 50.4 Å². The molecule has 1 unspecified atom stereocenters. The first-order valence-corrected chi connectivity index (χ1v) is 6.08. The largest absolute Gasteiger partial charge is 0.471 e. The molecule has 0 aromatic heterocycles. The van der Waals surface area contributed by atoms with E-state index in [1.54, 1.807) is 0 Å². The van der Waals surface area contributed by atoms with E-state index in [-0.39, 0.29) is 6.04 Å². The first-order chi connectivity index (χ1) is 7.97. The summed E-state index contributed by atoms with van der Waals surface area (Å²) >= 11 is 0. The molecule has 0 aromatic carbocycles. The molecule has 1 saturated heterocycles. The topological polar surface area (TPSA) is 32.3 Å². The molecule has 1 heterocycles. The van der Waals surface area contributed by atoms with E-state index in [1.165, 1.54) is 12.8 Å². The van der Waals surface area contributed by atoms with Crippen LogP contribution >= 0.6 is 0 Å². The summed E-state index contributed by atoms with van der Waals surface area (Å²) < 4.78 is 36.2. The van der Waals surface area contributed by atoms with Crippen molar-refractivity contribution in [2.75, 3.05) is 13.1 Å². The smallest absolute Gasteiger partial charge is 0.344 e. The Morgan fingerprint density at radius 2 is 1.82 bits per heavy atom. The lowest BCUT2D eigenvalue weighted by Crippen LogP contribution is -2.45. The van der Waals surface area contributed by atoms with Gasteiger partial charge in [-0.15, -0.1) is 0 Å². The Morgan fingerprint density at radius 1 is 1.18 bits per heavy atom. The van der Waals surface area contributed by atoms with Gasteiger partial charge in [-0.3, -0.25) is 9.69 Å². The zero-order valence-corrected chi connectivity index (χ0v) is 9.59. The number of rotatable bonds is 2. The van der Waals surface area contributed by atoms with Crippen LogP contribution in [0.5, 0.6) is 0 Å². The Bertz CT molecular complexity index is 287. The van der Waals surface area contributed by atoms with E-state index in [2.05, 4.69) is 10.2 Å². The predicted molar refractivity (Wildman–Crippen MR) is 56.4 cm³/mol. The predicted octanol–water partition coefficient (Wildman–Crippen LogP) is 1.68. The summed E-state index contributed by atoms with van der Waals surface area (Å²) in [6.07, 6.45) is 0.556. The highest BCUT2D eigenvalue weighted by Gasteiger charge is 2.41. The molecule has 6 heteroatoms. The highest BCUT2D eigenvalue weighted by molar-refractivity contribution is 5.81. The minimum absolute atomic E-state index is 0.343. The van der Waals surface area contributed by atoms with Crippen LogP contribution in [0.25, 0.3) is 0 Å². The number of hydrogen-bond acceptors (Lipinski definition) is 2. The van der Waals surface area contributed by atoms with E-state index in [1.807, 2.05) is 0 Å². The fraction of sp³-hybridized carbons (Fsp3) is 0.909. The molecule has 3 nitrogen and oxygen atoms in total. The molecule has 1 aliphatic carbocycles. The molecule has 1 atom stereocenters. The summed E-state index contributed by atoms with van der Waals surface area (Å²) in [7, 11) is 0. The van der Waals surface area contributed by atoms with Crippen LogP contribution < -0.4 is 5.32 Å². The molecule has 1 amide bonds. The lowest BCUT2D eigenvalue weighted by molar-refractivity contribution is -0.174. The summed E-state index contributed by atoms with van der Waals surface area (Å²) in [5.41, 5.74) is 0. The van der Waals surface area contributed by atoms with Gasteiger partial charge in [-0.1, -0.05) is 12.8 Å². The average molecular weight is 250 g/mol. The Balaban J connectivity index is 1.80. The molecule has 2 fully saturated rings. The molecule has 0 radical (unpaired) electrons. The second-order valence-electron chi connectivity index (χ2n) is 4.89. The Hall–Kier alpha value is -0.780. The Labute approximate surface area is 98.3 Å². The summed E-state index contributed by atoms with van der Waals surface area (Å²) in [6.45, 7) is 1.36. The maximum Gasteiger partial charge on any atom is 0.471 e. The molecule has 17 heavy (non-hydrogen) atoms. The number of likely N-dealkylation sites (tertiary alicyclic amines) is 1. The third-order valence-electron chi connectivity index (χ3n) is 3.65. The normalized spacial score (nSPS) is 27.6. The standard InChI is InChI=1S/C11H17F3N2O/c12-11(13,14)10(17)15-8-5-6-16(7-8)9-3-1-2-4-9/h8-9H,1-7H2,(H,15,17). The van der Waals surface area contributed by atoms with Gasteiger partial charge in [-0.2, -0.15) is 13.2 Å². The van der Waals surface area contributed by atoms with E-state index < -0.39 is 12.1 Å². The van der Waals surface area contributed by atoms with Crippen molar-refractivity contribution in [2.24, 2.45) is 0 Å². The van der Waals surface area contributed by atoms with Gasteiger partial charge in [0, 0.05) is 25.2 Å². The molecular weight excluding hydrogens is 233 g/mol. The van der Waals surface area contributed by atoms with Gasteiger partial charge in [0.15, 0.2) is 0 Å². The molecule has 2 rings (SSSR count). The number of nitrogens with one attached hydrogen (secondary N) is 1. The van der Waals surface area contributed by atoms with Gasteiger partial charge >= 0.3 is 12.1 Å². The zero-order valence-electron chi connectivity index (χ0n) is 9.59. The van der Waals surface area contributed by atoms with Crippen LogP contribution in [0.3, 0.4) is 0 Å². The monoisotopic (exact) mass is 250 g/mol. The third-order valence-corrected chi connectivity index (χ3v) is 3.65. The van der Waals surface area contributed by atoms with E-state index in [0.717, 1.165) is 19.4 Å². The molecule has 0 spiro atoms. The average Bonchev–Trinajstić information content (AvgIpc) is 2.83. The van der Waals surface area contributed by atoms with Crippen molar-refractivity contribution in [1.82, 2.24) is 10.2 Å². The van der Waals surface area contributed by atoms with Gasteiger partial charge in [0.05, 0.1) is 0 Å². The number of amides is 1. The van der Waals surface area contributed by atoms with Crippen LogP contribution in [0.15, 0.2) is 0 Å². The van der Waals surface area contributed by atoms with Crippen LogP contribution in [-0.2, 0) is 4.79 Å². The van der Waals surface area contributed by atoms with Crippen molar-refractivity contribution >= 4 is 5.91 Å². The number of halogens is 3. The fourth-order valence-corrected chi connectivity index (χ4v) is 2.77. The van der Waals surface area contributed by atoms with Crippen molar-refractivity contribution in [1.29, 1.82) is 0 Å². The number of hydrogen-bond donors (Lipinski definition) is 1. The molecule has 1 saturated carbocycles. The first kappa shape index (κ1) is 12.7. The number of carbonyl (C=O) groups excluding carboxylic acids is 1. The maximum atomic E-state index is 12.1. The maximum absolute atomic E-state index is 12.1. The second kappa shape index (κ2) is 4.84. The van der Waals surface area contributed by atoms with Crippen molar-refractivity contribution in [3.8, 4) is 0 Å².